The third kappa shape index (κ3) is 1.17. The maximum Gasteiger partial charge on any atom is 0.120 e. The van der Waals surface area contributed by atoms with Crippen LogP contribution in [0.2, 0.25) is 0 Å². The second-order valence-electron chi connectivity index (χ2n) is 4.77. The number of rotatable bonds is 0. The lowest BCUT2D eigenvalue weighted by molar-refractivity contribution is 0.0186. The lowest BCUT2D eigenvalue weighted by Crippen LogP contribution is -2.63. The van der Waals surface area contributed by atoms with E-state index < -0.39 is 6.17 Å². The summed E-state index contributed by atoms with van der Waals surface area (Å²) in [6.45, 7) is 4.08. The van der Waals surface area contributed by atoms with E-state index in [-0.39, 0.29) is 11.5 Å². The molecule has 12 heavy (non-hydrogen) atoms. The van der Waals surface area contributed by atoms with Crippen LogP contribution in [0.15, 0.2) is 0 Å². The largest absolute Gasteiger partial charge is 0.306 e. The molecule has 4 atom stereocenters. The van der Waals surface area contributed by atoms with E-state index in [0.717, 1.165) is 12.8 Å². The summed E-state index contributed by atoms with van der Waals surface area (Å²) in [6.07, 6.45) is 3.83. The summed E-state index contributed by atoms with van der Waals surface area (Å²) >= 11 is 0. The highest BCUT2D eigenvalue weighted by Gasteiger charge is 2.45. The first-order valence-corrected chi connectivity index (χ1v) is 5.03. The molecular formula is C10H18FN. The highest BCUT2D eigenvalue weighted by molar-refractivity contribution is 5.03. The molecule has 2 aliphatic rings. The molecule has 0 aromatic rings. The molecule has 2 heteroatoms. The molecule has 1 nitrogen and oxygen atoms in total. The highest BCUT2D eigenvalue weighted by Crippen LogP contribution is 2.38. The minimum atomic E-state index is -0.644. The lowest BCUT2D eigenvalue weighted by atomic mass is 9.72. The van der Waals surface area contributed by atoms with Crippen LogP contribution in [0.1, 0.15) is 39.5 Å². The van der Waals surface area contributed by atoms with E-state index in [1.165, 1.54) is 12.8 Å². The molecule has 0 radical (unpaired) electrons. The Balaban J connectivity index is 2.17. The van der Waals surface area contributed by atoms with Gasteiger partial charge in [0.05, 0.1) is 0 Å². The van der Waals surface area contributed by atoms with Gasteiger partial charge in [0.25, 0.3) is 0 Å². The number of alkyl halides is 1. The predicted molar refractivity (Wildman–Crippen MR) is 47.9 cm³/mol. The summed E-state index contributed by atoms with van der Waals surface area (Å²) in [7, 11) is 0. The zero-order chi connectivity index (χ0) is 8.77. The van der Waals surface area contributed by atoms with E-state index in [0.29, 0.717) is 6.04 Å². The summed E-state index contributed by atoms with van der Waals surface area (Å²) in [5.74, 6) is 0.251. The van der Waals surface area contributed by atoms with Gasteiger partial charge in [-0.25, -0.2) is 4.39 Å². The van der Waals surface area contributed by atoms with Gasteiger partial charge in [0.15, 0.2) is 0 Å². The van der Waals surface area contributed by atoms with Gasteiger partial charge in [-0.15, -0.1) is 0 Å². The first-order valence-electron chi connectivity index (χ1n) is 5.03. The van der Waals surface area contributed by atoms with Crippen molar-refractivity contribution in [3.63, 3.8) is 0 Å². The fourth-order valence-corrected chi connectivity index (χ4v) is 2.92. The van der Waals surface area contributed by atoms with Crippen LogP contribution >= 0.6 is 0 Å². The third-order valence-electron chi connectivity index (χ3n) is 3.55. The smallest absolute Gasteiger partial charge is 0.120 e. The first-order chi connectivity index (χ1) is 5.62. The molecule has 0 amide bonds. The van der Waals surface area contributed by atoms with Gasteiger partial charge >= 0.3 is 0 Å². The summed E-state index contributed by atoms with van der Waals surface area (Å²) in [6, 6.07) is 0.589. The van der Waals surface area contributed by atoms with Crippen LogP contribution in [-0.4, -0.2) is 17.8 Å². The number of hydrogen-bond acceptors (Lipinski definition) is 1. The average Bonchev–Trinajstić information content (AvgIpc) is 2.01. The predicted octanol–water partition coefficient (Wildman–Crippen LogP) is 2.27. The SMILES string of the molecule is CC1C[C@@H]2CCC[C@@](C)(N2)[C@H]1F. The van der Waals surface area contributed by atoms with Crippen LogP contribution in [0.5, 0.6) is 0 Å². The van der Waals surface area contributed by atoms with Crippen molar-refractivity contribution in [1.29, 1.82) is 0 Å². The van der Waals surface area contributed by atoms with Gasteiger partial charge in [-0.3, -0.25) is 0 Å². The van der Waals surface area contributed by atoms with E-state index in [9.17, 15) is 4.39 Å². The Kier molecular flexibility index (Phi) is 1.90. The molecule has 2 aliphatic heterocycles. The van der Waals surface area contributed by atoms with Gasteiger partial charge in [-0.05, 0) is 38.5 Å². The van der Waals surface area contributed by atoms with Crippen molar-refractivity contribution in [1.82, 2.24) is 5.32 Å². The number of fused-ring (bicyclic) bond motifs is 2. The van der Waals surface area contributed by atoms with E-state index in [2.05, 4.69) is 5.32 Å². The molecule has 0 aromatic carbocycles. The molecular weight excluding hydrogens is 153 g/mol. The van der Waals surface area contributed by atoms with Crippen LogP contribution < -0.4 is 5.32 Å². The van der Waals surface area contributed by atoms with Crippen molar-refractivity contribution in [2.75, 3.05) is 0 Å². The van der Waals surface area contributed by atoms with Gasteiger partial charge < -0.3 is 5.32 Å². The fourth-order valence-electron chi connectivity index (χ4n) is 2.92. The van der Waals surface area contributed by atoms with E-state index >= 15 is 0 Å². The normalized spacial score (nSPS) is 53.8. The van der Waals surface area contributed by atoms with Crippen molar-refractivity contribution in [3.8, 4) is 0 Å². The summed E-state index contributed by atoms with van der Waals surface area (Å²) in [5.41, 5.74) is -0.208. The van der Waals surface area contributed by atoms with Crippen LogP contribution in [-0.2, 0) is 0 Å². The van der Waals surface area contributed by atoms with Crippen molar-refractivity contribution < 1.29 is 4.39 Å². The van der Waals surface area contributed by atoms with Gasteiger partial charge in [0, 0.05) is 11.6 Å². The standard InChI is InChI=1S/C10H18FN/c1-7-6-8-4-3-5-10(2,12-8)9(7)11/h7-9,12H,3-6H2,1-2H3/t7?,8-,9-,10+/m0/s1. The van der Waals surface area contributed by atoms with Gasteiger partial charge in [-0.1, -0.05) is 6.92 Å². The minimum Gasteiger partial charge on any atom is -0.306 e. The molecule has 0 aromatic heterocycles. The fraction of sp³-hybridized carbons (Fsp3) is 1.00. The van der Waals surface area contributed by atoms with Gasteiger partial charge in [-0.2, -0.15) is 0 Å². The summed E-state index contributed by atoms with van der Waals surface area (Å²) in [4.78, 5) is 0. The molecule has 0 spiro atoms. The summed E-state index contributed by atoms with van der Waals surface area (Å²) < 4.78 is 13.8. The van der Waals surface area contributed by atoms with E-state index in [1.54, 1.807) is 0 Å². The average molecular weight is 171 g/mol. The van der Waals surface area contributed by atoms with Crippen molar-refractivity contribution in [2.24, 2.45) is 5.92 Å². The van der Waals surface area contributed by atoms with Crippen LogP contribution in [0.25, 0.3) is 0 Å². The van der Waals surface area contributed by atoms with Crippen LogP contribution in [0, 0.1) is 5.92 Å². The van der Waals surface area contributed by atoms with Gasteiger partial charge in [0.2, 0.25) is 0 Å². The molecule has 2 fully saturated rings. The van der Waals surface area contributed by atoms with Crippen molar-refractivity contribution in [2.45, 2.75) is 57.3 Å². The molecule has 2 saturated heterocycles. The molecule has 0 saturated carbocycles. The Morgan fingerprint density at radius 2 is 2.25 bits per heavy atom. The molecule has 2 rings (SSSR count). The Morgan fingerprint density at radius 3 is 3.00 bits per heavy atom. The zero-order valence-corrected chi connectivity index (χ0v) is 7.94. The molecule has 0 aliphatic carbocycles. The number of hydrogen-bond donors (Lipinski definition) is 1. The molecule has 1 N–H and O–H groups in total. The second-order valence-corrected chi connectivity index (χ2v) is 4.77. The monoisotopic (exact) mass is 171 g/mol. The number of halogens is 1. The second kappa shape index (κ2) is 2.69. The Bertz CT molecular complexity index is 183. The van der Waals surface area contributed by atoms with E-state index in [1.807, 2.05) is 13.8 Å². The van der Waals surface area contributed by atoms with Crippen LogP contribution in [0.4, 0.5) is 4.39 Å². The maximum absolute atomic E-state index is 13.8. The molecule has 1 unspecified atom stereocenters. The van der Waals surface area contributed by atoms with Crippen LogP contribution in [0.3, 0.4) is 0 Å². The number of nitrogens with one attached hydrogen (secondary N) is 1. The van der Waals surface area contributed by atoms with Crippen molar-refractivity contribution >= 4 is 0 Å². The third-order valence-corrected chi connectivity index (χ3v) is 3.55. The topological polar surface area (TPSA) is 12.0 Å². The summed E-state index contributed by atoms with van der Waals surface area (Å²) in [5, 5.41) is 3.43. The molecule has 70 valence electrons. The Morgan fingerprint density at radius 1 is 1.50 bits per heavy atom. The highest BCUT2D eigenvalue weighted by atomic mass is 19.1. The molecule has 2 heterocycles. The molecule has 2 bridgehead atoms. The Labute approximate surface area is 73.7 Å². The quantitative estimate of drug-likeness (QED) is 0.589. The number of piperidine rings is 2. The zero-order valence-electron chi connectivity index (χ0n) is 7.94. The van der Waals surface area contributed by atoms with Crippen molar-refractivity contribution in [3.05, 3.63) is 0 Å². The van der Waals surface area contributed by atoms with E-state index in [4.69, 9.17) is 0 Å². The van der Waals surface area contributed by atoms with Gasteiger partial charge in [0.1, 0.15) is 6.17 Å². The Hall–Kier alpha value is -0.110. The lowest BCUT2D eigenvalue weighted by Gasteiger charge is -2.49. The first kappa shape index (κ1) is 8.49. The minimum absolute atomic E-state index is 0.208. The maximum atomic E-state index is 13.8.